The van der Waals surface area contributed by atoms with Crippen molar-refractivity contribution in [2.24, 2.45) is 11.7 Å². The number of aliphatic carboxylic acids is 3. The average Bonchev–Trinajstić information content (AvgIpc) is 2.58. The summed E-state index contributed by atoms with van der Waals surface area (Å²) in [6.45, 7) is 5.36. The standard InChI is InChI=1S/C12H18N2O2.C6H8O7/c1-9(2)8-16-11-5-3-10(4-6-11)7-14-12(13)15;7-3(8)1-6(13,5(11)12)2-4(9)10/h3-6,9H,7-8H2,1-2H3,(H3,13,14,15);13H,1-2H2,(H,7,8)(H,9,10)(H,11,12). The minimum Gasteiger partial charge on any atom is -0.493 e. The van der Waals surface area contributed by atoms with Crippen LogP contribution in [0.5, 0.6) is 5.75 Å². The maximum atomic E-state index is 10.5. The molecule has 0 radical (unpaired) electrons. The Balaban J connectivity index is 0.000000555. The van der Waals surface area contributed by atoms with E-state index < -0.39 is 42.4 Å². The summed E-state index contributed by atoms with van der Waals surface area (Å²) in [5.74, 6) is -3.66. The van der Waals surface area contributed by atoms with Gasteiger partial charge in [-0.3, -0.25) is 9.59 Å². The number of carboxylic acids is 3. The summed E-state index contributed by atoms with van der Waals surface area (Å²) in [5.41, 5.74) is 3.23. The van der Waals surface area contributed by atoms with Crippen LogP contribution in [0.4, 0.5) is 4.79 Å². The van der Waals surface area contributed by atoms with E-state index in [-0.39, 0.29) is 0 Å². The Labute approximate surface area is 167 Å². The molecule has 0 atom stereocenters. The van der Waals surface area contributed by atoms with E-state index in [2.05, 4.69) is 19.2 Å². The molecule has 0 unspecified atom stereocenters. The van der Waals surface area contributed by atoms with Gasteiger partial charge in [0, 0.05) is 6.54 Å². The summed E-state index contributed by atoms with van der Waals surface area (Å²) in [6, 6.07) is 7.08. The molecule has 0 bridgehead atoms. The quantitative estimate of drug-likeness (QED) is 0.318. The van der Waals surface area contributed by atoms with Crippen LogP contribution in [0.25, 0.3) is 0 Å². The van der Waals surface area contributed by atoms with E-state index in [1.807, 2.05) is 24.3 Å². The highest BCUT2D eigenvalue weighted by Gasteiger charge is 2.40. The molecule has 0 saturated heterocycles. The van der Waals surface area contributed by atoms with Gasteiger partial charge in [0.05, 0.1) is 19.4 Å². The molecular formula is C18H26N2O9. The van der Waals surface area contributed by atoms with Crippen LogP contribution in [0.3, 0.4) is 0 Å². The molecule has 0 aromatic heterocycles. The van der Waals surface area contributed by atoms with Gasteiger partial charge in [-0.25, -0.2) is 9.59 Å². The number of hydrogen-bond donors (Lipinski definition) is 6. The highest BCUT2D eigenvalue weighted by Crippen LogP contribution is 2.16. The molecule has 2 amide bonds. The van der Waals surface area contributed by atoms with E-state index in [0.29, 0.717) is 19.1 Å². The first kappa shape index (κ1) is 25.7. The normalized spacial score (nSPS) is 10.5. The zero-order valence-corrected chi connectivity index (χ0v) is 16.1. The summed E-state index contributed by atoms with van der Waals surface area (Å²) < 4.78 is 5.54. The van der Waals surface area contributed by atoms with Crippen molar-refractivity contribution in [3.8, 4) is 5.75 Å². The summed E-state index contributed by atoms with van der Waals surface area (Å²) in [5, 5.41) is 36.3. The predicted octanol–water partition coefficient (Wildman–Crippen LogP) is 0.641. The van der Waals surface area contributed by atoms with Crippen LogP contribution >= 0.6 is 0 Å². The Bertz CT molecular complexity index is 686. The molecule has 1 aromatic rings. The molecule has 0 aliphatic rings. The molecule has 0 heterocycles. The number of primary amides is 1. The molecule has 162 valence electrons. The Kier molecular flexibility index (Phi) is 10.8. The number of carbonyl (C=O) groups excluding carboxylic acids is 1. The van der Waals surface area contributed by atoms with Crippen LogP contribution in [0.15, 0.2) is 24.3 Å². The van der Waals surface area contributed by atoms with E-state index in [0.717, 1.165) is 11.3 Å². The molecule has 1 aromatic carbocycles. The molecule has 29 heavy (non-hydrogen) atoms. The lowest BCUT2D eigenvalue weighted by Crippen LogP contribution is -2.42. The number of amides is 2. The molecule has 0 spiro atoms. The number of benzene rings is 1. The van der Waals surface area contributed by atoms with Crippen LogP contribution in [-0.4, -0.2) is 56.6 Å². The van der Waals surface area contributed by atoms with E-state index in [1.54, 1.807) is 0 Å². The Morgan fingerprint density at radius 1 is 1.03 bits per heavy atom. The first-order chi connectivity index (χ1) is 13.4. The van der Waals surface area contributed by atoms with E-state index in [1.165, 1.54) is 0 Å². The smallest absolute Gasteiger partial charge is 0.336 e. The Morgan fingerprint density at radius 2 is 1.52 bits per heavy atom. The maximum Gasteiger partial charge on any atom is 0.336 e. The third kappa shape index (κ3) is 11.9. The fourth-order valence-electron chi connectivity index (χ4n) is 1.87. The number of hydrogen-bond acceptors (Lipinski definition) is 6. The second-order valence-electron chi connectivity index (χ2n) is 6.54. The first-order valence-corrected chi connectivity index (χ1v) is 8.50. The third-order valence-corrected chi connectivity index (χ3v) is 3.26. The number of carbonyl (C=O) groups is 4. The van der Waals surface area contributed by atoms with Crippen molar-refractivity contribution in [2.45, 2.75) is 38.8 Å². The number of nitrogens with one attached hydrogen (secondary N) is 1. The molecular weight excluding hydrogens is 388 g/mol. The van der Waals surface area contributed by atoms with Crippen molar-refractivity contribution >= 4 is 23.9 Å². The lowest BCUT2D eigenvalue weighted by molar-refractivity contribution is -0.170. The second kappa shape index (κ2) is 12.2. The average molecular weight is 414 g/mol. The van der Waals surface area contributed by atoms with Crippen molar-refractivity contribution in [1.29, 1.82) is 0 Å². The van der Waals surface area contributed by atoms with Crippen LogP contribution in [0.2, 0.25) is 0 Å². The van der Waals surface area contributed by atoms with Crippen molar-refractivity contribution in [3.05, 3.63) is 29.8 Å². The molecule has 0 aliphatic carbocycles. The summed E-state index contributed by atoms with van der Waals surface area (Å²) in [7, 11) is 0. The van der Waals surface area contributed by atoms with Crippen LogP contribution in [0.1, 0.15) is 32.3 Å². The van der Waals surface area contributed by atoms with Crippen molar-refractivity contribution < 1.29 is 44.3 Å². The highest BCUT2D eigenvalue weighted by atomic mass is 16.5. The predicted molar refractivity (Wildman–Crippen MR) is 100 cm³/mol. The minimum atomic E-state index is -2.74. The molecule has 0 saturated carbocycles. The van der Waals surface area contributed by atoms with E-state index in [4.69, 9.17) is 30.9 Å². The van der Waals surface area contributed by atoms with Gasteiger partial charge in [0.1, 0.15) is 5.75 Å². The fraction of sp³-hybridized carbons (Fsp3) is 0.444. The fourth-order valence-corrected chi connectivity index (χ4v) is 1.87. The van der Waals surface area contributed by atoms with Crippen molar-refractivity contribution in [2.75, 3.05) is 6.61 Å². The number of aliphatic hydroxyl groups is 1. The number of rotatable bonds is 10. The van der Waals surface area contributed by atoms with Gasteiger partial charge in [-0.1, -0.05) is 26.0 Å². The number of nitrogens with two attached hydrogens (primary N) is 1. The van der Waals surface area contributed by atoms with Gasteiger partial charge in [0.25, 0.3) is 0 Å². The Morgan fingerprint density at radius 3 is 1.86 bits per heavy atom. The van der Waals surface area contributed by atoms with Gasteiger partial charge in [0.15, 0.2) is 5.60 Å². The maximum absolute atomic E-state index is 10.5. The highest BCUT2D eigenvalue weighted by molar-refractivity contribution is 5.88. The third-order valence-electron chi connectivity index (χ3n) is 3.26. The van der Waals surface area contributed by atoms with Gasteiger partial charge in [-0.05, 0) is 23.6 Å². The van der Waals surface area contributed by atoms with Gasteiger partial charge in [-0.2, -0.15) is 0 Å². The van der Waals surface area contributed by atoms with Crippen LogP contribution < -0.4 is 15.8 Å². The molecule has 0 aliphatic heterocycles. The van der Waals surface area contributed by atoms with E-state index >= 15 is 0 Å². The summed E-state index contributed by atoms with van der Waals surface area (Å²) in [6.07, 6.45) is -2.29. The van der Waals surface area contributed by atoms with Gasteiger partial charge < -0.3 is 36.2 Å². The second-order valence-corrected chi connectivity index (χ2v) is 6.54. The lowest BCUT2D eigenvalue weighted by Gasteiger charge is -2.18. The van der Waals surface area contributed by atoms with Crippen LogP contribution in [0, 0.1) is 5.92 Å². The van der Waals surface area contributed by atoms with Gasteiger partial charge >= 0.3 is 23.9 Å². The zero-order chi connectivity index (χ0) is 22.6. The van der Waals surface area contributed by atoms with Crippen molar-refractivity contribution in [1.82, 2.24) is 5.32 Å². The Hall–Kier alpha value is -3.34. The van der Waals surface area contributed by atoms with Crippen molar-refractivity contribution in [3.63, 3.8) is 0 Å². The largest absolute Gasteiger partial charge is 0.493 e. The molecule has 7 N–H and O–H groups in total. The molecule has 1 rings (SSSR count). The topological polar surface area (TPSA) is 196 Å². The van der Waals surface area contributed by atoms with Gasteiger partial charge in [-0.15, -0.1) is 0 Å². The minimum absolute atomic E-state index is 0.444. The zero-order valence-electron chi connectivity index (χ0n) is 16.1. The lowest BCUT2D eigenvalue weighted by atomic mass is 9.96. The first-order valence-electron chi connectivity index (χ1n) is 8.50. The van der Waals surface area contributed by atoms with Gasteiger partial charge in [0.2, 0.25) is 0 Å². The molecule has 0 fully saturated rings. The summed E-state index contributed by atoms with van der Waals surface area (Å²) in [4.78, 5) is 41.0. The number of ether oxygens (including phenoxy) is 1. The SMILES string of the molecule is CC(C)COc1ccc(CNC(N)=O)cc1.O=C(O)CC(O)(CC(=O)O)C(=O)O. The summed E-state index contributed by atoms with van der Waals surface area (Å²) >= 11 is 0. The molecule has 11 heteroatoms. The molecule has 11 nitrogen and oxygen atoms in total. The van der Waals surface area contributed by atoms with E-state index in [9.17, 15) is 19.2 Å². The monoisotopic (exact) mass is 414 g/mol. The van der Waals surface area contributed by atoms with Crippen LogP contribution in [-0.2, 0) is 20.9 Å². The number of urea groups is 1. The number of carboxylic acid groups (broad SMARTS) is 3.